The van der Waals surface area contributed by atoms with Crippen LogP contribution in [-0.4, -0.2) is 31.6 Å². The second kappa shape index (κ2) is 6.33. The SMILES string of the molecule is CC(CN(C)C)NCc1cc(F)ccc1C#N. The molecule has 0 radical (unpaired) electrons. The summed E-state index contributed by atoms with van der Waals surface area (Å²) in [5.74, 6) is -0.305. The number of benzene rings is 1. The molecule has 1 aromatic rings. The Bertz CT molecular complexity index is 410. The number of nitrogens with zero attached hydrogens (tertiary/aromatic N) is 2. The molecule has 1 atom stereocenters. The van der Waals surface area contributed by atoms with Crippen molar-refractivity contribution in [1.29, 1.82) is 5.26 Å². The van der Waals surface area contributed by atoms with Gasteiger partial charge < -0.3 is 10.2 Å². The van der Waals surface area contributed by atoms with Gasteiger partial charge in [0.2, 0.25) is 0 Å². The molecular formula is C13H18FN3. The van der Waals surface area contributed by atoms with Gasteiger partial charge in [-0.1, -0.05) is 0 Å². The predicted octanol–water partition coefficient (Wildman–Crippen LogP) is 1.74. The summed E-state index contributed by atoms with van der Waals surface area (Å²) >= 11 is 0. The first-order valence-electron chi connectivity index (χ1n) is 5.59. The molecular weight excluding hydrogens is 217 g/mol. The molecule has 4 heteroatoms. The van der Waals surface area contributed by atoms with Crippen molar-refractivity contribution in [2.45, 2.75) is 19.5 Å². The van der Waals surface area contributed by atoms with Crippen LogP contribution in [0.1, 0.15) is 18.1 Å². The number of rotatable bonds is 5. The molecule has 0 aromatic heterocycles. The molecule has 1 unspecified atom stereocenters. The molecule has 17 heavy (non-hydrogen) atoms. The molecule has 0 amide bonds. The minimum Gasteiger partial charge on any atom is -0.309 e. The summed E-state index contributed by atoms with van der Waals surface area (Å²) in [4.78, 5) is 2.08. The molecule has 0 aliphatic carbocycles. The Morgan fingerprint density at radius 1 is 1.47 bits per heavy atom. The fourth-order valence-electron chi connectivity index (χ4n) is 1.71. The Hall–Kier alpha value is -1.44. The van der Waals surface area contributed by atoms with Crippen LogP contribution in [0.4, 0.5) is 4.39 Å². The number of likely N-dealkylation sites (N-methyl/N-ethyl adjacent to an activating group) is 1. The van der Waals surface area contributed by atoms with E-state index in [-0.39, 0.29) is 5.82 Å². The van der Waals surface area contributed by atoms with Crippen LogP contribution in [0.15, 0.2) is 18.2 Å². The highest BCUT2D eigenvalue weighted by Crippen LogP contribution is 2.10. The van der Waals surface area contributed by atoms with E-state index in [1.165, 1.54) is 18.2 Å². The van der Waals surface area contributed by atoms with Gasteiger partial charge in [0.05, 0.1) is 11.6 Å². The average Bonchev–Trinajstić information content (AvgIpc) is 2.25. The summed E-state index contributed by atoms with van der Waals surface area (Å²) in [5, 5.41) is 12.2. The molecule has 0 bridgehead atoms. The molecule has 0 saturated carbocycles. The maximum absolute atomic E-state index is 13.1. The van der Waals surface area contributed by atoms with Crippen molar-refractivity contribution in [3.8, 4) is 6.07 Å². The molecule has 0 aliphatic heterocycles. The lowest BCUT2D eigenvalue weighted by atomic mass is 10.1. The maximum atomic E-state index is 13.1. The van der Waals surface area contributed by atoms with Crippen molar-refractivity contribution in [3.05, 3.63) is 35.1 Å². The van der Waals surface area contributed by atoms with Crippen LogP contribution in [0.5, 0.6) is 0 Å². The van der Waals surface area contributed by atoms with Crippen molar-refractivity contribution in [2.24, 2.45) is 0 Å². The van der Waals surface area contributed by atoms with Gasteiger partial charge in [-0.3, -0.25) is 0 Å². The third kappa shape index (κ3) is 4.51. The van der Waals surface area contributed by atoms with Gasteiger partial charge in [0.15, 0.2) is 0 Å². The second-order valence-corrected chi connectivity index (χ2v) is 4.46. The third-order valence-corrected chi connectivity index (χ3v) is 2.47. The van der Waals surface area contributed by atoms with E-state index in [1.807, 2.05) is 14.1 Å². The van der Waals surface area contributed by atoms with E-state index in [4.69, 9.17) is 5.26 Å². The zero-order valence-electron chi connectivity index (χ0n) is 10.5. The molecule has 0 heterocycles. The first-order chi connectivity index (χ1) is 8.02. The van der Waals surface area contributed by atoms with Crippen LogP contribution < -0.4 is 5.32 Å². The molecule has 3 nitrogen and oxygen atoms in total. The quantitative estimate of drug-likeness (QED) is 0.845. The topological polar surface area (TPSA) is 39.1 Å². The number of halogens is 1. The van der Waals surface area contributed by atoms with Gasteiger partial charge in [0.25, 0.3) is 0 Å². The van der Waals surface area contributed by atoms with Gasteiger partial charge in [-0.2, -0.15) is 5.26 Å². The summed E-state index contributed by atoms with van der Waals surface area (Å²) < 4.78 is 13.1. The Morgan fingerprint density at radius 3 is 2.76 bits per heavy atom. The summed E-state index contributed by atoms with van der Waals surface area (Å²) in [7, 11) is 4.00. The molecule has 1 rings (SSSR count). The standard InChI is InChI=1S/C13H18FN3/c1-10(9-17(2)3)16-8-12-6-13(14)5-4-11(12)7-15/h4-6,10,16H,8-9H2,1-3H3. The van der Waals surface area contributed by atoms with E-state index in [2.05, 4.69) is 23.2 Å². The van der Waals surface area contributed by atoms with Crippen molar-refractivity contribution < 1.29 is 4.39 Å². The highest BCUT2D eigenvalue weighted by molar-refractivity contribution is 5.37. The summed E-state index contributed by atoms with van der Waals surface area (Å²) in [5.41, 5.74) is 1.23. The minimum absolute atomic E-state index is 0.291. The Morgan fingerprint density at radius 2 is 2.18 bits per heavy atom. The maximum Gasteiger partial charge on any atom is 0.123 e. The lowest BCUT2D eigenvalue weighted by Crippen LogP contribution is -2.35. The Labute approximate surface area is 102 Å². The summed E-state index contributed by atoms with van der Waals surface area (Å²) in [6, 6.07) is 6.60. The van der Waals surface area contributed by atoms with Crippen molar-refractivity contribution in [1.82, 2.24) is 10.2 Å². The van der Waals surface area contributed by atoms with E-state index in [9.17, 15) is 4.39 Å². The first-order valence-corrected chi connectivity index (χ1v) is 5.59. The first kappa shape index (κ1) is 13.6. The lowest BCUT2D eigenvalue weighted by Gasteiger charge is -2.18. The van der Waals surface area contributed by atoms with Gasteiger partial charge in [-0.05, 0) is 44.8 Å². The molecule has 92 valence electrons. The van der Waals surface area contributed by atoms with E-state index >= 15 is 0 Å². The van der Waals surface area contributed by atoms with E-state index in [0.717, 1.165) is 6.54 Å². The van der Waals surface area contributed by atoms with Crippen LogP contribution in [0.3, 0.4) is 0 Å². The Kier molecular flexibility index (Phi) is 5.08. The lowest BCUT2D eigenvalue weighted by molar-refractivity contribution is 0.349. The third-order valence-electron chi connectivity index (χ3n) is 2.47. The van der Waals surface area contributed by atoms with Crippen LogP contribution in [0.25, 0.3) is 0 Å². The monoisotopic (exact) mass is 235 g/mol. The summed E-state index contributed by atoms with van der Waals surface area (Å²) in [6.45, 7) is 3.47. The highest BCUT2D eigenvalue weighted by Gasteiger charge is 2.06. The van der Waals surface area contributed by atoms with Crippen LogP contribution in [-0.2, 0) is 6.54 Å². The van der Waals surface area contributed by atoms with Crippen molar-refractivity contribution >= 4 is 0 Å². The van der Waals surface area contributed by atoms with Crippen molar-refractivity contribution in [2.75, 3.05) is 20.6 Å². The minimum atomic E-state index is -0.305. The normalized spacial score (nSPS) is 12.5. The zero-order valence-corrected chi connectivity index (χ0v) is 10.5. The van der Waals surface area contributed by atoms with Crippen LogP contribution in [0, 0.1) is 17.1 Å². The molecule has 0 spiro atoms. The zero-order chi connectivity index (χ0) is 12.8. The highest BCUT2D eigenvalue weighted by atomic mass is 19.1. The molecule has 0 saturated heterocycles. The predicted molar refractivity (Wildman–Crippen MR) is 66.0 cm³/mol. The average molecular weight is 235 g/mol. The van der Waals surface area contributed by atoms with Crippen LogP contribution >= 0.6 is 0 Å². The van der Waals surface area contributed by atoms with Gasteiger partial charge in [-0.25, -0.2) is 4.39 Å². The van der Waals surface area contributed by atoms with Gasteiger partial charge in [0.1, 0.15) is 5.82 Å². The number of nitriles is 1. The fraction of sp³-hybridized carbons (Fsp3) is 0.462. The number of nitrogens with one attached hydrogen (secondary N) is 1. The largest absolute Gasteiger partial charge is 0.309 e. The van der Waals surface area contributed by atoms with E-state index < -0.39 is 0 Å². The smallest absolute Gasteiger partial charge is 0.123 e. The van der Waals surface area contributed by atoms with E-state index in [1.54, 1.807) is 0 Å². The fourth-order valence-corrected chi connectivity index (χ4v) is 1.71. The van der Waals surface area contributed by atoms with Gasteiger partial charge in [-0.15, -0.1) is 0 Å². The molecule has 0 fully saturated rings. The number of hydrogen-bond acceptors (Lipinski definition) is 3. The second-order valence-electron chi connectivity index (χ2n) is 4.46. The summed E-state index contributed by atoms with van der Waals surface area (Å²) in [6.07, 6.45) is 0. The number of hydrogen-bond donors (Lipinski definition) is 1. The van der Waals surface area contributed by atoms with Gasteiger partial charge >= 0.3 is 0 Å². The van der Waals surface area contributed by atoms with Gasteiger partial charge in [0, 0.05) is 19.1 Å². The molecule has 1 aromatic carbocycles. The van der Waals surface area contributed by atoms with E-state index in [0.29, 0.717) is 23.7 Å². The molecule has 1 N–H and O–H groups in total. The van der Waals surface area contributed by atoms with Crippen LogP contribution in [0.2, 0.25) is 0 Å². The Balaban J connectivity index is 2.63. The van der Waals surface area contributed by atoms with Crippen molar-refractivity contribution in [3.63, 3.8) is 0 Å². The molecule has 0 aliphatic rings.